The molecule has 1 saturated carbocycles. The van der Waals surface area contributed by atoms with Gasteiger partial charge in [0.1, 0.15) is 5.82 Å². The van der Waals surface area contributed by atoms with Gasteiger partial charge in [0.2, 0.25) is 0 Å². The van der Waals surface area contributed by atoms with Crippen LogP contribution in [0.3, 0.4) is 0 Å². The molecule has 1 N–H and O–H groups in total. The molecule has 0 heterocycles. The van der Waals surface area contributed by atoms with E-state index in [4.69, 9.17) is 0 Å². The van der Waals surface area contributed by atoms with Crippen molar-refractivity contribution in [2.45, 2.75) is 44.6 Å². The first-order valence-electron chi connectivity index (χ1n) is 5.66. The quantitative estimate of drug-likeness (QED) is 0.788. The SMILES string of the molecule is CC(O)c1ccc(F)c(C2CCCC2)c1. The number of hydrogen-bond donors (Lipinski definition) is 1. The molecule has 1 unspecified atom stereocenters. The molecule has 0 amide bonds. The van der Waals surface area contributed by atoms with E-state index < -0.39 is 6.10 Å². The van der Waals surface area contributed by atoms with Crippen LogP contribution in [0.5, 0.6) is 0 Å². The van der Waals surface area contributed by atoms with Gasteiger partial charge in [0.15, 0.2) is 0 Å². The summed E-state index contributed by atoms with van der Waals surface area (Å²) >= 11 is 0. The topological polar surface area (TPSA) is 20.2 Å². The zero-order chi connectivity index (χ0) is 10.8. The van der Waals surface area contributed by atoms with Gasteiger partial charge in [0, 0.05) is 0 Å². The average molecular weight is 208 g/mol. The highest BCUT2D eigenvalue weighted by atomic mass is 19.1. The Morgan fingerprint density at radius 3 is 2.60 bits per heavy atom. The number of rotatable bonds is 2. The van der Waals surface area contributed by atoms with E-state index in [1.54, 1.807) is 13.0 Å². The van der Waals surface area contributed by atoms with Crippen molar-refractivity contribution < 1.29 is 9.50 Å². The van der Waals surface area contributed by atoms with Crippen molar-refractivity contribution >= 4 is 0 Å². The molecule has 2 heteroatoms. The first-order valence-corrected chi connectivity index (χ1v) is 5.66. The van der Waals surface area contributed by atoms with Crippen LogP contribution in [-0.4, -0.2) is 5.11 Å². The van der Waals surface area contributed by atoms with Crippen molar-refractivity contribution in [1.29, 1.82) is 0 Å². The first kappa shape index (κ1) is 10.6. The lowest BCUT2D eigenvalue weighted by Gasteiger charge is -2.13. The summed E-state index contributed by atoms with van der Waals surface area (Å²) in [6.45, 7) is 1.71. The molecule has 1 aromatic carbocycles. The van der Waals surface area contributed by atoms with E-state index in [9.17, 15) is 9.50 Å². The number of aliphatic hydroxyl groups excluding tert-OH is 1. The summed E-state index contributed by atoms with van der Waals surface area (Å²) in [4.78, 5) is 0. The second-order valence-electron chi connectivity index (χ2n) is 4.44. The summed E-state index contributed by atoms with van der Waals surface area (Å²) in [6, 6.07) is 4.98. The Morgan fingerprint density at radius 2 is 2.00 bits per heavy atom. The van der Waals surface area contributed by atoms with Crippen LogP contribution in [0.15, 0.2) is 18.2 Å². The van der Waals surface area contributed by atoms with Crippen LogP contribution in [0.4, 0.5) is 4.39 Å². The molecule has 0 aromatic heterocycles. The maximum atomic E-state index is 13.6. The molecule has 0 bridgehead atoms. The van der Waals surface area contributed by atoms with Crippen molar-refractivity contribution in [2.24, 2.45) is 0 Å². The monoisotopic (exact) mass is 208 g/mol. The summed E-state index contributed by atoms with van der Waals surface area (Å²) in [5, 5.41) is 9.46. The molecule has 2 rings (SSSR count). The van der Waals surface area contributed by atoms with E-state index in [-0.39, 0.29) is 5.82 Å². The minimum atomic E-state index is -0.509. The molecule has 1 aliphatic rings. The van der Waals surface area contributed by atoms with Gasteiger partial charge in [-0.2, -0.15) is 0 Å². The zero-order valence-corrected chi connectivity index (χ0v) is 9.04. The largest absolute Gasteiger partial charge is 0.389 e. The van der Waals surface area contributed by atoms with Crippen molar-refractivity contribution in [1.82, 2.24) is 0 Å². The van der Waals surface area contributed by atoms with Crippen molar-refractivity contribution in [3.05, 3.63) is 35.1 Å². The third-order valence-corrected chi connectivity index (χ3v) is 3.30. The summed E-state index contributed by atoms with van der Waals surface area (Å²) in [5.74, 6) is 0.245. The molecular weight excluding hydrogens is 191 g/mol. The van der Waals surface area contributed by atoms with Gasteiger partial charge in [-0.3, -0.25) is 0 Å². The highest BCUT2D eigenvalue weighted by Crippen LogP contribution is 2.36. The molecular formula is C13H17FO. The highest BCUT2D eigenvalue weighted by molar-refractivity contribution is 5.29. The Hall–Kier alpha value is -0.890. The third kappa shape index (κ3) is 2.20. The summed E-state index contributed by atoms with van der Waals surface area (Å²) in [7, 11) is 0. The lowest BCUT2D eigenvalue weighted by Crippen LogP contribution is -2.00. The fraction of sp³-hybridized carbons (Fsp3) is 0.538. The lowest BCUT2D eigenvalue weighted by molar-refractivity contribution is 0.199. The van der Waals surface area contributed by atoms with Gasteiger partial charge in [0.05, 0.1) is 6.10 Å². The standard InChI is InChI=1S/C13H17FO/c1-9(15)11-6-7-13(14)12(8-11)10-4-2-3-5-10/h6-10,15H,2-5H2,1H3. The van der Waals surface area contributed by atoms with E-state index in [0.717, 1.165) is 24.0 Å². The minimum absolute atomic E-state index is 0.119. The molecule has 0 radical (unpaired) electrons. The molecule has 1 fully saturated rings. The molecule has 1 aliphatic carbocycles. The Bertz CT molecular complexity index is 340. The van der Waals surface area contributed by atoms with Gasteiger partial charge in [-0.25, -0.2) is 4.39 Å². The molecule has 0 saturated heterocycles. The molecule has 82 valence electrons. The number of benzene rings is 1. The molecule has 1 nitrogen and oxygen atoms in total. The minimum Gasteiger partial charge on any atom is -0.389 e. The third-order valence-electron chi connectivity index (χ3n) is 3.30. The van der Waals surface area contributed by atoms with Crippen molar-refractivity contribution in [2.75, 3.05) is 0 Å². The van der Waals surface area contributed by atoms with Gasteiger partial charge in [-0.05, 0) is 42.9 Å². The van der Waals surface area contributed by atoms with Gasteiger partial charge in [0.25, 0.3) is 0 Å². The summed E-state index contributed by atoms with van der Waals surface area (Å²) in [6.07, 6.45) is 4.05. The lowest BCUT2D eigenvalue weighted by atomic mass is 9.94. The number of halogens is 1. The normalized spacial score (nSPS) is 19.4. The van der Waals surface area contributed by atoms with Gasteiger partial charge < -0.3 is 5.11 Å². The Morgan fingerprint density at radius 1 is 1.33 bits per heavy atom. The smallest absolute Gasteiger partial charge is 0.126 e. The second-order valence-corrected chi connectivity index (χ2v) is 4.44. The van der Waals surface area contributed by atoms with E-state index in [0.29, 0.717) is 5.92 Å². The first-order chi connectivity index (χ1) is 7.18. The van der Waals surface area contributed by atoms with Crippen LogP contribution in [0.25, 0.3) is 0 Å². The molecule has 0 aliphatic heterocycles. The van der Waals surface area contributed by atoms with Crippen LogP contribution >= 0.6 is 0 Å². The molecule has 1 atom stereocenters. The van der Waals surface area contributed by atoms with E-state index in [1.165, 1.54) is 18.9 Å². The fourth-order valence-corrected chi connectivity index (χ4v) is 2.37. The number of hydrogen-bond acceptors (Lipinski definition) is 1. The Labute approximate surface area is 89.9 Å². The fourth-order valence-electron chi connectivity index (χ4n) is 2.37. The molecule has 1 aromatic rings. The summed E-state index contributed by atoms with van der Waals surface area (Å²) in [5.41, 5.74) is 1.62. The van der Waals surface area contributed by atoms with Crippen LogP contribution in [0, 0.1) is 5.82 Å². The molecule has 0 spiro atoms. The maximum Gasteiger partial charge on any atom is 0.126 e. The molecule has 15 heavy (non-hydrogen) atoms. The second kappa shape index (κ2) is 4.31. The average Bonchev–Trinajstić information content (AvgIpc) is 2.71. The Balaban J connectivity index is 2.31. The maximum absolute atomic E-state index is 13.6. The van der Waals surface area contributed by atoms with E-state index >= 15 is 0 Å². The van der Waals surface area contributed by atoms with Crippen LogP contribution in [-0.2, 0) is 0 Å². The van der Waals surface area contributed by atoms with E-state index in [1.807, 2.05) is 6.07 Å². The Kier molecular flexibility index (Phi) is 3.06. The van der Waals surface area contributed by atoms with Crippen LogP contribution < -0.4 is 0 Å². The van der Waals surface area contributed by atoms with Gasteiger partial charge >= 0.3 is 0 Å². The predicted octanol–water partition coefficient (Wildman–Crippen LogP) is 3.54. The highest BCUT2D eigenvalue weighted by Gasteiger charge is 2.20. The van der Waals surface area contributed by atoms with Crippen LogP contribution in [0.2, 0.25) is 0 Å². The van der Waals surface area contributed by atoms with Crippen molar-refractivity contribution in [3.63, 3.8) is 0 Å². The predicted molar refractivity (Wildman–Crippen MR) is 58.2 cm³/mol. The summed E-state index contributed by atoms with van der Waals surface area (Å²) < 4.78 is 13.6. The zero-order valence-electron chi connectivity index (χ0n) is 9.04. The number of aliphatic hydroxyl groups is 1. The van der Waals surface area contributed by atoms with Crippen LogP contribution in [0.1, 0.15) is 55.8 Å². The van der Waals surface area contributed by atoms with Gasteiger partial charge in [-0.15, -0.1) is 0 Å². The van der Waals surface area contributed by atoms with E-state index in [2.05, 4.69) is 0 Å². The van der Waals surface area contributed by atoms with Gasteiger partial charge in [-0.1, -0.05) is 25.0 Å². The van der Waals surface area contributed by atoms with Crippen molar-refractivity contribution in [3.8, 4) is 0 Å².